The number of carbonyl (C=O) groups excluding carboxylic acids is 1. The third kappa shape index (κ3) is 4.04. The maximum atomic E-state index is 12.5. The van der Waals surface area contributed by atoms with E-state index in [1.165, 1.54) is 13.2 Å². The van der Waals surface area contributed by atoms with Crippen LogP contribution in [0.5, 0.6) is 11.5 Å². The smallest absolute Gasteiger partial charge is 0.342 e. The number of rotatable bonds is 6. The fraction of sp³-hybridized carbons (Fsp3) is 0.450. The minimum absolute atomic E-state index is 0.00582. The Morgan fingerprint density at radius 1 is 1.36 bits per heavy atom. The van der Waals surface area contributed by atoms with E-state index in [2.05, 4.69) is 0 Å². The van der Waals surface area contributed by atoms with Gasteiger partial charge in [0.05, 0.1) is 0 Å². The molecular formula is C20H26O5. The van der Waals surface area contributed by atoms with E-state index in [1.807, 2.05) is 39.0 Å². The van der Waals surface area contributed by atoms with Crippen LogP contribution in [0.3, 0.4) is 0 Å². The fourth-order valence-corrected chi connectivity index (χ4v) is 3.04. The lowest BCUT2D eigenvalue weighted by molar-refractivity contribution is -0.0504. The van der Waals surface area contributed by atoms with Gasteiger partial charge in [-0.2, -0.15) is 0 Å². The van der Waals surface area contributed by atoms with Gasteiger partial charge in [-0.3, -0.25) is 0 Å². The summed E-state index contributed by atoms with van der Waals surface area (Å²) in [5.41, 5.74) is 1.88. The molecular weight excluding hydrogens is 320 g/mol. The Labute approximate surface area is 148 Å². The van der Waals surface area contributed by atoms with Gasteiger partial charge in [0.2, 0.25) is 0 Å². The molecule has 0 fully saturated rings. The number of phenolic OH excluding ortho intramolecular Hbond substituents is 2. The maximum absolute atomic E-state index is 12.5. The van der Waals surface area contributed by atoms with Crippen molar-refractivity contribution in [3.63, 3.8) is 0 Å². The number of ether oxygens (including phenoxy) is 2. The molecule has 0 aliphatic carbocycles. The highest BCUT2D eigenvalue weighted by molar-refractivity contribution is 5.97. The third-order valence-corrected chi connectivity index (χ3v) is 4.32. The molecule has 0 spiro atoms. The van der Waals surface area contributed by atoms with Crippen LogP contribution >= 0.6 is 0 Å². The first-order valence-corrected chi connectivity index (χ1v) is 8.46. The summed E-state index contributed by atoms with van der Waals surface area (Å²) in [6.07, 6.45) is 6.45. The molecule has 136 valence electrons. The van der Waals surface area contributed by atoms with Crippen LogP contribution in [0.4, 0.5) is 0 Å². The Bertz CT molecular complexity index is 699. The molecule has 2 atom stereocenters. The van der Waals surface area contributed by atoms with Crippen LogP contribution in [0.2, 0.25) is 0 Å². The molecule has 0 amide bonds. The van der Waals surface area contributed by atoms with Gasteiger partial charge >= 0.3 is 5.97 Å². The lowest BCUT2D eigenvalue weighted by atomic mass is 9.89. The summed E-state index contributed by atoms with van der Waals surface area (Å²) in [5.74, 6) is -0.825. The number of phenols is 2. The molecule has 25 heavy (non-hydrogen) atoms. The van der Waals surface area contributed by atoms with Gasteiger partial charge in [-0.1, -0.05) is 23.8 Å². The van der Waals surface area contributed by atoms with Gasteiger partial charge in [0, 0.05) is 18.2 Å². The van der Waals surface area contributed by atoms with Crippen molar-refractivity contribution in [3.05, 3.63) is 46.6 Å². The molecule has 0 unspecified atom stereocenters. The lowest BCUT2D eigenvalue weighted by Gasteiger charge is -2.33. The second kappa shape index (κ2) is 8.21. The fourth-order valence-electron chi connectivity index (χ4n) is 3.04. The van der Waals surface area contributed by atoms with Crippen LogP contribution in [0.15, 0.2) is 29.9 Å². The summed E-state index contributed by atoms with van der Waals surface area (Å²) in [6, 6.07) is 1.50. The third-order valence-electron chi connectivity index (χ3n) is 4.32. The molecule has 2 N–H and O–H groups in total. The molecule has 5 heteroatoms. The molecule has 1 aromatic rings. The zero-order chi connectivity index (χ0) is 18.6. The van der Waals surface area contributed by atoms with Crippen molar-refractivity contribution in [2.45, 2.75) is 52.2 Å². The topological polar surface area (TPSA) is 76.0 Å². The summed E-state index contributed by atoms with van der Waals surface area (Å²) in [4.78, 5) is 12.5. The average Bonchev–Trinajstić information content (AvgIpc) is 2.56. The zero-order valence-corrected chi connectivity index (χ0v) is 15.2. The van der Waals surface area contributed by atoms with Crippen LogP contribution in [-0.4, -0.2) is 29.4 Å². The molecule has 0 aromatic heterocycles. The molecule has 5 nitrogen and oxygen atoms in total. The van der Waals surface area contributed by atoms with Crippen LogP contribution < -0.4 is 0 Å². The van der Waals surface area contributed by atoms with Gasteiger partial charge in [-0.05, 0) is 46.1 Å². The number of benzene rings is 1. The van der Waals surface area contributed by atoms with E-state index in [0.29, 0.717) is 24.0 Å². The SMILES string of the molecule is C/C=C/CC[C@H]1OC(=O)c2c(O)c(CC=C(C)C)cc(O)c2[C@@H]1OC. The van der Waals surface area contributed by atoms with Crippen LogP contribution in [0.25, 0.3) is 0 Å². The number of fused-ring (bicyclic) bond motifs is 1. The Morgan fingerprint density at radius 2 is 2.08 bits per heavy atom. The molecule has 1 aromatic carbocycles. The van der Waals surface area contributed by atoms with Gasteiger partial charge in [0.1, 0.15) is 29.3 Å². The zero-order valence-electron chi connectivity index (χ0n) is 15.2. The number of methoxy groups -OCH3 is 1. The highest BCUT2D eigenvalue weighted by Crippen LogP contribution is 2.44. The van der Waals surface area contributed by atoms with Crippen molar-refractivity contribution in [3.8, 4) is 11.5 Å². The van der Waals surface area contributed by atoms with E-state index in [0.717, 1.165) is 12.0 Å². The summed E-state index contributed by atoms with van der Waals surface area (Å²) in [7, 11) is 1.50. The number of esters is 1. The Balaban J connectivity index is 2.46. The second-order valence-corrected chi connectivity index (χ2v) is 6.42. The number of hydrogen-bond acceptors (Lipinski definition) is 5. The summed E-state index contributed by atoms with van der Waals surface area (Å²) < 4.78 is 11.0. The van der Waals surface area contributed by atoms with Crippen molar-refractivity contribution >= 4 is 5.97 Å². The van der Waals surface area contributed by atoms with Crippen molar-refractivity contribution in [2.75, 3.05) is 7.11 Å². The highest BCUT2D eigenvalue weighted by Gasteiger charge is 2.40. The molecule has 0 bridgehead atoms. The number of cyclic esters (lactones) is 1. The highest BCUT2D eigenvalue weighted by atomic mass is 16.6. The number of carbonyl (C=O) groups is 1. The minimum Gasteiger partial charge on any atom is -0.508 e. The predicted molar refractivity (Wildman–Crippen MR) is 95.9 cm³/mol. The normalized spacial score (nSPS) is 19.6. The van der Waals surface area contributed by atoms with Crippen molar-refractivity contribution < 1.29 is 24.5 Å². The summed E-state index contributed by atoms with van der Waals surface area (Å²) >= 11 is 0. The van der Waals surface area contributed by atoms with Gasteiger partial charge in [0.15, 0.2) is 0 Å². The van der Waals surface area contributed by atoms with E-state index >= 15 is 0 Å². The van der Waals surface area contributed by atoms with Crippen LogP contribution in [0, 0.1) is 0 Å². The monoisotopic (exact) mass is 346 g/mol. The van der Waals surface area contributed by atoms with Crippen molar-refractivity contribution in [2.24, 2.45) is 0 Å². The Morgan fingerprint density at radius 3 is 2.68 bits per heavy atom. The standard InChI is InChI=1S/C20H26O5/c1-5-6-7-8-15-19(24-4)16-14(21)11-13(10-9-12(2)3)18(22)17(16)20(23)25-15/h5-6,9,11,15,19,21-22H,7-8,10H2,1-4H3/b6-5+/t15-,19-/m1/s1. The summed E-state index contributed by atoms with van der Waals surface area (Å²) in [6.45, 7) is 5.81. The van der Waals surface area contributed by atoms with E-state index in [1.54, 1.807) is 0 Å². The molecule has 0 saturated carbocycles. The maximum Gasteiger partial charge on any atom is 0.342 e. The van der Waals surface area contributed by atoms with E-state index in [4.69, 9.17) is 9.47 Å². The summed E-state index contributed by atoms with van der Waals surface area (Å²) in [5, 5.41) is 21.1. The van der Waals surface area contributed by atoms with Crippen molar-refractivity contribution in [1.82, 2.24) is 0 Å². The minimum atomic E-state index is -0.624. The lowest BCUT2D eigenvalue weighted by Crippen LogP contribution is -2.33. The molecule has 0 saturated heterocycles. The Hall–Kier alpha value is -2.27. The van der Waals surface area contributed by atoms with Crippen molar-refractivity contribution in [1.29, 1.82) is 0 Å². The van der Waals surface area contributed by atoms with Gasteiger partial charge in [0.25, 0.3) is 0 Å². The van der Waals surface area contributed by atoms with Gasteiger partial charge in [-0.25, -0.2) is 4.79 Å². The molecule has 1 aliphatic rings. The molecule has 0 radical (unpaired) electrons. The number of allylic oxidation sites excluding steroid dienone is 4. The molecule has 1 heterocycles. The predicted octanol–water partition coefficient (Wildman–Crippen LogP) is 4.19. The first-order chi connectivity index (χ1) is 11.9. The largest absolute Gasteiger partial charge is 0.508 e. The van der Waals surface area contributed by atoms with Crippen LogP contribution in [0.1, 0.15) is 61.2 Å². The van der Waals surface area contributed by atoms with E-state index in [-0.39, 0.29) is 17.1 Å². The molecule has 2 rings (SSSR count). The van der Waals surface area contributed by atoms with Gasteiger partial charge in [-0.15, -0.1) is 0 Å². The molecule has 1 aliphatic heterocycles. The Kier molecular flexibility index (Phi) is 6.26. The number of hydrogen-bond donors (Lipinski definition) is 2. The first-order valence-electron chi connectivity index (χ1n) is 8.46. The number of aromatic hydroxyl groups is 2. The van der Waals surface area contributed by atoms with Gasteiger partial charge < -0.3 is 19.7 Å². The first kappa shape index (κ1) is 19.1. The van der Waals surface area contributed by atoms with E-state index in [9.17, 15) is 15.0 Å². The van der Waals surface area contributed by atoms with E-state index < -0.39 is 18.2 Å². The second-order valence-electron chi connectivity index (χ2n) is 6.42. The average molecular weight is 346 g/mol. The quantitative estimate of drug-likeness (QED) is 0.459. The van der Waals surface area contributed by atoms with Crippen LogP contribution in [-0.2, 0) is 15.9 Å².